The first-order valence-corrected chi connectivity index (χ1v) is 11.5. The van der Waals surface area contributed by atoms with Crippen LogP contribution in [-0.2, 0) is 6.54 Å². The number of carbonyl (C=O) groups excluding carboxylic acids is 1. The van der Waals surface area contributed by atoms with E-state index in [0.29, 0.717) is 16.5 Å². The van der Waals surface area contributed by atoms with Gasteiger partial charge >= 0.3 is 0 Å². The Hall–Kier alpha value is -2.12. The van der Waals surface area contributed by atoms with Gasteiger partial charge < -0.3 is 4.90 Å². The zero-order valence-corrected chi connectivity index (χ0v) is 18.4. The van der Waals surface area contributed by atoms with Gasteiger partial charge in [-0.3, -0.25) is 14.7 Å². The number of nitrogens with zero attached hydrogens (tertiary/aromatic N) is 4. The summed E-state index contributed by atoms with van der Waals surface area (Å²) in [6, 6.07) is 14.4. The third-order valence-corrected chi connectivity index (χ3v) is 6.87. The Balaban J connectivity index is 1.22. The maximum atomic E-state index is 12.7. The molecular formula is C23H25ClN4OS. The van der Waals surface area contributed by atoms with Crippen LogP contribution < -0.4 is 0 Å². The van der Waals surface area contributed by atoms with E-state index in [1.807, 2.05) is 12.1 Å². The molecule has 3 heterocycles. The van der Waals surface area contributed by atoms with Crippen molar-refractivity contribution in [3.05, 3.63) is 70.5 Å². The second-order valence-corrected chi connectivity index (χ2v) is 8.87. The van der Waals surface area contributed by atoms with Crippen molar-refractivity contribution in [2.45, 2.75) is 19.4 Å². The molecule has 0 saturated carbocycles. The molecule has 30 heavy (non-hydrogen) atoms. The number of aromatic nitrogens is 2. The van der Waals surface area contributed by atoms with E-state index in [1.54, 1.807) is 12.4 Å². The number of Topliss-reactive ketones (excluding diaryl/α,β-unsaturated/α-hetero) is 1. The maximum absolute atomic E-state index is 12.7. The lowest BCUT2D eigenvalue weighted by Gasteiger charge is -2.34. The normalized spacial score (nSPS) is 15.4. The third-order valence-electron chi connectivity index (χ3n) is 5.34. The number of rotatable bonds is 8. The van der Waals surface area contributed by atoms with Crippen LogP contribution in [0.4, 0.5) is 0 Å². The summed E-state index contributed by atoms with van der Waals surface area (Å²) in [5.41, 5.74) is 2.25. The molecule has 3 aromatic rings. The van der Waals surface area contributed by atoms with Crippen molar-refractivity contribution in [3.8, 4) is 10.6 Å². The molecule has 1 saturated heterocycles. The summed E-state index contributed by atoms with van der Waals surface area (Å²) in [4.78, 5) is 26.6. The van der Waals surface area contributed by atoms with Crippen LogP contribution in [0.25, 0.3) is 10.6 Å². The van der Waals surface area contributed by atoms with E-state index in [1.165, 1.54) is 16.9 Å². The summed E-state index contributed by atoms with van der Waals surface area (Å²) in [6.07, 6.45) is 4.79. The minimum atomic E-state index is 0.0790. The lowest BCUT2D eigenvalue weighted by atomic mass is 10.1. The second kappa shape index (κ2) is 10.3. The van der Waals surface area contributed by atoms with Crippen LogP contribution >= 0.6 is 22.9 Å². The average molecular weight is 441 g/mol. The van der Waals surface area contributed by atoms with E-state index >= 15 is 0 Å². The molecule has 0 radical (unpaired) electrons. The number of piperazine rings is 1. The molecule has 1 fully saturated rings. The predicted molar refractivity (Wildman–Crippen MR) is 122 cm³/mol. The summed E-state index contributed by atoms with van der Waals surface area (Å²) in [7, 11) is 0. The first kappa shape index (κ1) is 21.1. The van der Waals surface area contributed by atoms with Crippen LogP contribution in [0, 0.1) is 0 Å². The van der Waals surface area contributed by atoms with Gasteiger partial charge in [0.1, 0.15) is 9.88 Å². The summed E-state index contributed by atoms with van der Waals surface area (Å²) in [5, 5.41) is 1.05. The number of hydrogen-bond acceptors (Lipinski definition) is 6. The number of halogens is 1. The topological polar surface area (TPSA) is 49.3 Å². The highest BCUT2D eigenvalue weighted by atomic mass is 35.5. The Kier molecular flexibility index (Phi) is 7.23. The van der Waals surface area contributed by atoms with Crippen LogP contribution in [0.15, 0.2) is 54.9 Å². The van der Waals surface area contributed by atoms with Crippen molar-refractivity contribution in [3.63, 3.8) is 0 Å². The lowest BCUT2D eigenvalue weighted by molar-refractivity contribution is 0.0963. The monoisotopic (exact) mass is 440 g/mol. The van der Waals surface area contributed by atoms with Crippen molar-refractivity contribution in [1.29, 1.82) is 0 Å². The highest BCUT2D eigenvalue weighted by Gasteiger charge is 2.20. The molecule has 2 aromatic heterocycles. The minimum absolute atomic E-state index is 0.0790. The number of ketones is 1. The Morgan fingerprint density at radius 1 is 1.03 bits per heavy atom. The molecule has 0 aliphatic carbocycles. The fourth-order valence-corrected chi connectivity index (χ4v) is 4.95. The number of hydrogen-bond donors (Lipinski definition) is 0. The van der Waals surface area contributed by atoms with Gasteiger partial charge in [-0.15, -0.1) is 11.3 Å². The molecule has 0 bridgehead atoms. The Morgan fingerprint density at radius 3 is 2.53 bits per heavy atom. The van der Waals surface area contributed by atoms with E-state index in [9.17, 15) is 4.79 Å². The number of thiazole rings is 1. The van der Waals surface area contributed by atoms with Crippen LogP contribution in [0.2, 0.25) is 5.15 Å². The fourth-order valence-electron chi connectivity index (χ4n) is 3.68. The summed E-state index contributed by atoms with van der Waals surface area (Å²) < 4.78 is 0. The van der Waals surface area contributed by atoms with Crippen LogP contribution in [0.1, 0.15) is 28.1 Å². The molecule has 4 rings (SSSR count). The first-order valence-electron chi connectivity index (χ1n) is 10.3. The van der Waals surface area contributed by atoms with Crippen LogP contribution in [0.5, 0.6) is 0 Å². The molecule has 7 heteroatoms. The largest absolute Gasteiger partial charge is 0.301 e. The molecular weight excluding hydrogens is 416 g/mol. The molecule has 1 aliphatic rings. The molecule has 0 amide bonds. The molecule has 0 atom stereocenters. The molecule has 1 aromatic carbocycles. The van der Waals surface area contributed by atoms with Crippen LogP contribution in [-0.4, -0.2) is 58.3 Å². The van der Waals surface area contributed by atoms with E-state index in [2.05, 4.69) is 50.1 Å². The molecule has 0 unspecified atom stereocenters. The average Bonchev–Trinajstić information content (AvgIpc) is 3.18. The van der Waals surface area contributed by atoms with Gasteiger partial charge in [0.15, 0.2) is 10.9 Å². The summed E-state index contributed by atoms with van der Waals surface area (Å²) in [6.45, 7) is 6.18. The van der Waals surface area contributed by atoms with Crippen LogP contribution in [0.3, 0.4) is 0 Å². The third kappa shape index (κ3) is 5.52. The molecule has 0 spiro atoms. The quantitative estimate of drug-likeness (QED) is 0.477. The van der Waals surface area contributed by atoms with Crippen molar-refractivity contribution in [1.82, 2.24) is 19.8 Å². The van der Waals surface area contributed by atoms with Gasteiger partial charge in [0.05, 0.1) is 0 Å². The highest BCUT2D eigenvalue weighted by Crippen LogP contribution is 2.31. The van der Waals surface area contributed by atoms with Gasteiger partial charge in [-0.2, -0.15) is 0 Å². The van der Waals surface area contributed by atoms with Gasteiger partial charge in [0, 0.05) is 57.1 Å². The van der Waals surface area contributed by atoms with Gasteiger partial charge in [0.2, 0.25) is 0 Å². The van der Waals surface area contributed by atoms with Gasteiger partial charge in [-0.25, -0.2) is 4.98 Å². The first-order chi connectivity index (χ1) is 14.7. The smallest absolute Gasteiger partial charge is 0.176 e. The van der Waals surface area contributed by atoms with Gasteiger partial charge in [-0.1, -0.05) is 41.9 Å². The lowest BCUT2D eigenvalue weighted by Crippen LogP contribution is -2.46. The summed E-state index contributed by atoms with van der Waals surface area (Å²) in [5.74, 6) is 0.0790. The van der Waals surface area contributed by atoms with E-state index in [4.69, 9.17) is 11.6 Å². The van der Waals surface area contributed by atoms with Gasteiger partial charge in [-0.05, 0) is 30.7 Å². The Morgan fingerprint density at radius 2 is 1.80 bits per heavy atom. The SMILES string of the molecule is O=C(CCCN1CCN(Cc2ccccc2)CC1)c1sc(-c2cccnc2)nc1Cl. The standard InChI is InChI=1S/C23H25ClN4OS/c24-22-21(30-23(26-22)19-8-4-10-25-16-19)20(29)9-5-11-27-12-14-28(15-13-27)17-18-6-2-1-3-7-18/h1-4,6-8,10,16H,5,9,11-15,17H2. The maximum Gasteiger partial charge on any atom is 0.176 e. The number of pyridine rings is 1. The minimum Gasteiger partial charge on any atom is -0.301 e. The second-order valence-electron chi connectivity index (χ2n) is 7.51. The van der Waals surface area contributed by atoms with E-state index < -0.39 is 0 Å². The summed E-state index contributed by atoms with van der Waals surface area (Å²) >= 11 is 7.60. The highest BCUT2D eigenvalue weighted by molar-refractivity contribution is 7.17. The van der Waals surface area contributed by atoms with Crippen molar-refractivity contribution in [2.24, 2.45) is 0 Å². The van der Waals surface area contributed by atoms with Crippen molar-refractivity contribution >= 4 is 28.7 Å². The van der Waals surface area contributed by atoms with E-state index in [-0.39, 0.29) is 5.78 Å². The Bertz CT molecular complexity index is 956. The predicted octanol–water partition coefficient (Wildman–Crippen LogP) is 4.64. The zero-order chi connectivity index (χ0) is 20.8. The molecule has 0 N–H and O–H groups in total. The zero-order valence-electron chi connectivity index (χ0n) is 16.8. The number of benzene rings is 1. The van der Waals surface area contributed by atoms with Gasteiger partial charge in [0.25, 0.3) is 0 Å². The van der Waals surface area contributed by atoms with E-state index in [0.717, 1.165) is 56.3 Å². The van der Waals surface area contributed by atoms with Crippen molar-refractivity contribution in [2.75, 3.05) is 32.7 Å². The number of carbonyl (C=O) groups is 1. The molecule has 5 nitrogen and oxygen atoms in total. The molecule has 156 valence electrons. The Labute approximate surface area is 186 Å². The molecule has 1 aliphatic heterocycles. The fraction of sp³-hybridized carbons (Fsp3) is 0.348. The van der Waals surface area contributed by atoms with Crippen molar-refractivity contribution < 1.29 is 4.79 Å².